The first-order chi connectivity index (χ1) is 7.25. The van der Waals surface area contributed by atoms with Crippen molar-refractivity contribution in [1.82, 2.24) is 0 Å². The molecule has 0 heterocycles. The first-order valence-electron chi connectivity index (χ1n) is 5.84. The second kappa shape index (κ2) is 5.18. The quantitative estimate of drug-likeness (QED) is 0.648. The molecule has 96 valence electrons. The number of rotatable bonds is 7. The molecule has 1 saturated carbocycles. The Morgan fingerprint density at radius 2 is 1.56 bits per heavy atom. The van der Waals surface area contributed by atoms with Crippen LogP contribution in [-0.2, 0) is 18.3 Å². The van der Waals surface area contributed by atoms with Crippen LogP contribution in [0.4, 0.5) is 0 Å². The normalized spacial score (nSPS) is 19.4. The Hall–Kier alpha value is 0.110. The van der Waals surface area contributed by atoms with Crippen molar-refractivity contribution in [3.63, 3.8) is 0 Å². The highest BCUT2D eigenvalue weighted by atomic mass is 31.2. The van der Waals surface area contributed by atoms with E-state index in [-0.39, 0.29) is 24.2 Å². The molecule has 0 aromatic carbocycles. The lowest BCUT2D eigenvalue weighted by molar-refractivity contribution is 0.0484. The molecule has 0 aromatic heterocycles. The van der Waals surface area contributed by atoms with E-state index in [1.807, 2.05) is 34.6 Å². The first kappa shape index (κ1) is 14.2. The van der Waals surface area contributed by atoms with Crippen LogP contribution in [0, 0.1) is 0 Å². The third kappa shape index (κ3) is 4.96. The molecule has 0 saturated heterocycles. The van der Waals surface area contributed by atoms with Gasteiger partial charge in [0.2, 0.25) is 0 Å². The maximum Gasteiger partial charge on any atom is 0.356 e. The van der Waals surface area contributed by atoms with Crippen molar-refractivity contribution in [3.05, 3.63) is 0 Å². The third-order valence-electron chi connectivity index (χ3n) is 2.27. The monoisotopic (exact) mass is 250 g/mol. The van der Waals surface area contributed by atoms with Crippen LogP contribution >= 0.6 is 7.60 Å². The SMILES string of the molecule is CC(C)OP(=O)(COC1(C)CC1)OC(C)C. The van der Waals surface area contributed by atoms with E-state index in [0.29, 0.717) is 0 Å². The minimum atomic E-state index is -3.11. The molecular formula is C11H23O4P. The summed E-state index contributed by atoms with van der Waals surface area (Å²) < 4.78 is 28.7. The molecule has 0 aromatic rings. The van der Waals surface area contributed by atoms with Crippen LogP contribution in [0.3, 0.4) is 0 Å². The highest BCUT2D eigenvalue weighted by Crippen LogP contribution is 2.53. The van der Waals surface area contributed by atoms with Crippen LogP contribution in [-0.4, -0.2) is 24.2 Å². The van der Waals surface area contributed by atoms with Gasteiger partial charge < -0.3 is 13.8 Å². The molecule has 1 aliphatic carbocycles. The summed E-state index contributed by atoms with van der Waals surface area (Å²) in [6.45, 7) is 9.39. The molecule has 0 aliphatic heterocycles. The highest BCUT2D eigenvalue weighted by molar-refractivity contribution is 7.53. The fraction of sp³-hybridized carbons (Fsp3) is 1.00. The Kier molecular flexibility index (Phi) is 4.58. The third-order valence-corrected chi connectivity index (χ3v) is 4.20. The van der Waals surface area contributed by atoms with Gasteiger partial charge in [-0.15, -0.1) is 0 Å². The number of hydrogen-bond acceptors (Lipinski definition) is 4. The van der Waals surface area contributed by atoms with Crippen LogP contribution in [0.15, 0.2) is 0 Å². The molecule has 0 N–H and O–H groups in total. The lowest BCUT2D eigenvalue weighted by Gasteiger charge is -2.24. The second-order valence-electron chi connectivity index (χ2n) is 5.14. The molecule has 4 nitrogen and oxygen atoms in total. The summed E-state index contributed by atoms with van der Waals surface area (Å²) in [6, 6.07) is 0. The van der Waals surface area contributed by atoms with E-state index in [4.69, 9.17) is 13.8 Å². The molecule has 0 radical (unpaired) electrons. The van der Waals surface area contributed by atoms with Crippen LogP contribution < -0.4 is 0 Å². The summed E-state index contributed by atoms with van der Waals surface area (Å²) in [5, 5.41) is 0. The summed E-state index contributed by atoms with van der Waals surface area (Å²) in [6.07, 6.45) is 1.85. The van der Waals surface area contributed by atoms with Gasteiger partial charge in [0.25, 0.3) is 0 Å². The van der Waals surface area contributed by atoms with Crippen molar-refractivity contribution in [1.29, 1.82) is 0 Å². The topological polar surface area (TPSA) is 44.8 Å². The highest BCUT2D eigenvalue weighted by Gasteiger charge is 2.41. The largest absolute Gasteiger partial charge is 0.363 e. The van der Waals surface area contributed by atoms with Gasteiger partial charge in [-0.25, -0.2) is 0 Å². The van der Waals surface area contributed by atoms with E-state index < -0.39 is 7.60 Å². The van der Waals surface area contributed by atoms with Gasteiger partial charge in [-0.2, -0.15) is 0 Å². The predicted molar refractivity (Wildman–Crippen MR) is 63.6 cm³/mol. The smallest absolute Gasteiger partial charge is 0.356 e. The molecule has 5 heteroatoms. The maximum absolute atomic E-state index is 12.3. The fourth-order valence-electron chi connectivity index (χ4n) is 1.28. The van der Waals surface area contributed by atoms with Crippen LogP contribution in [0.1, 0.15) is 47.5 Å². The van der Waals surface area contributed by atoms with E-state index in [0.717, 1.165) is 12.8 Å². The van der Waals surface area contributed by atoms with Crippen LogP contribution in [0.2, 0.25) is 0 Å². The first-order valence-corrected chi connectivity index (χ1v) is 7.57. The fourth-order valence-corrected chi connectivity index (χ4v) is 3.21. The van der Waals surface area contributed by atoms with Crippen molar-refractivity contribution in [3.8, 4) is 0 Å². The molecule has 1 rings (SSSR count). The zero-order valence-electron chi connectivity index (χ0n) is 10.9. The zero-order valence-corrected chi connectivity index (χ0v) is 11.8. The van der Waals surface area contributed by atoms with Crippen LogP contribution in [0.5, 0.6) is 0 Å². The van der Waals surface area contributed by atoms with Crippen molar-refractivity contribution < 1.29 is 18.3 Å². The Bertz CT molecular complexity index is 257. The minimum absolute atomic E-state index is 0.0554. The lowest BCUT2D eigenvalue weighted by atomic mass is 10.4. The van der Waals surface area contributed by atoms with Gasteiger partial charge >= 0.3 is 7.60 Å². The predicted octanol–water partition coefficient (Wildman–Crippen LogP) is 3.56. The number of hydrogen-bond donors (Lipinski definition) is 0. The van der Waals surface area contributed by atoms with E-state index in [2.05, 4.69) is 0 Å². The molecule has 16 heavy (non-hydrogen) atoms. The van der Waals surface area contributed by atoms with Gasteiger partial charge in [0.05, 0.1) is 17.8 Å². The van der Waals surface area contributed by atoms with E-state index in [1.165, 1.54) is 0 Å². The van der Waals surface area contributed by atoms with Crippen molar-refractivity contribution in [2.75, 3.05) is 6.35 Å². The van der Waals surface area contributed by atoms with Gasteiger partial charge in [0, 0.05) is 0 Å². The Balaban J connectivity index is 2.51. The average molecular weight is 250 g/mol. The van der Waals surface area contributed by atoms with E-state index in [9.17, 15) is 4.57 Å². The second-order valence-corrected chi connectivity index (χ2v) is 7.04. The molecule has 0 amide bonds. The van der Waals surface area contributed by atoms with Crippen molar-refractivity contribution in [2.24, 2.45) is 0 Å². The Morgan fingerprint density at radius 3 is 1.88 bits per heavy atom. The molecule has 0 spiro atoms. The van der Waals surface area contributed by atoms with Gasteiger partial charge in [0.15, 0.2) is 0 Å². The maximum atomic E-state index is 12.3. The molecule has 0 unspecified atom stereocenters. The summed E-state index contributed by atoms with van der Waals surface area (Å²) in [4.78, 5) is 0. The summed E-state index contributed by atoms with van der Waals surface area (Å²) in [5.74, 6) is 0. The molecular weight excluding hydrogens is 227 g/mol. The molecule has 1 fully saturated rings. The van der Waals surface area contributed by atoms with Gasteiger partial charge in [-0.3, -0.25) is 4.57 Å². The number of ether oxygens (including phenoxy) is 1. The van der Waals surface area contributed by atoms with Crippen LogP contribution in [0.25, 0.3) is 0 Å². The molecule has 0 atom stereocenters. The van der Waals surface area contributed by atoms with Gasteiger partial charge in [0.1, 0.15) is 6.35 Å². The Labute approximate surface area is 98.2 Å². The molecule has 1 aliphatic rings. The Morgan fingerprint density at radius 1 is 1.12 bits per heavy atom. The van der Waals surface area contributed by atoms with Crippen molar-refractivity contribution >= 4 is 7.60 Å². The minimum Gasteiger partial charge on any atom is -0.363 e. The average Bonchev–Trinajstić information content (AvgIpc) is 2.79. The zero-order chi connectivity index (χ0) is 12.4. The van der Waals surface area contributed by atoms with Crippen molar-refractivity contribution in [2.45, 2.75) is 65.3 Å². The standard InChI is InChI=1S/C11H23O4P/c1-9(2)14-16(12,15-10(3)4)8-13-11(5)6-7-11/h9-10H,6-8H2,1-5H3. The lowest BCUT2D eigenvalue weighted by Crippen LogP contribution is -2.16. The summed E-state index contributed by atoms with van der Waals surface area (Å²) in [5.41, 5.74) is -0.101. The van der Waals surface area contributed by atoms with E-state index in [1.54, 1.807) is 0 Å². The van der Waals surface area contributed by atoms with E-state index >= 15 is 0 Å². The molecule has 0 bridgehead atoms. The van der Waals surface area contributed by atoms with Gasteiger partial charge in [-0.1, -0.05) is 0 Å². The van der Waals surface area contributed by atoms with Gasteiger partial charge in [-0.05, 0) is 47.5 Å². The summed E-state index contributed by atoms with van der Waals surface area (Å²) >= 11 is 0. The summed E-state index contributed by atoms with van der Waals surface area (Å²) in [7, 11) is -3.11.